The van der Waals surface area contributed by atoms with Crippen molar-refractivity contribution in [3.8, 4) is 0 Å². The lowest BCUT2D eigenvalue weighted by atomic mass is 10.00. The van der Waals surface area contributed by atoms with Gasteiger partial charge in [0.1, 0.15) is 5.82 Å². The van der Waals surface area contributed by atoms with Crippen molar-refractivity contribution in [1.82, 2.24) is 20.4 Å². The zero-order valence-electron chi connectivity index (χ0n) is 18.5. The average Bonchev–Trinajstić information content (AvgIpc) is 2.77. The van der Waals surface area contributed by atoms with Crippen LogP contribution in [-0.2, 0) is 6.42 Å². The number of halogens is 4. The Hall–Kier alpha value is -3.27. The summed E-state index contributed by atoms with van der Waals surface area (Å²) in [7, 11) is 0. The van der Waals surface area contributed by atoms with Gasteiger partial charge in [0.15, 0.2) is 0 Å². The fourth-order valence-corrected chi connectivity index (χ4v) is 4.09. The topological polar surface area (TPSA) is 78.1 Å². The summed E-state index contributed by atoms with van der Waals surface area (Å²) in [6, 6.07) is 11.0. The van der Waals surface area contributed by atoms with Crippen molar-refractivity contribution in [2.45, 2.75) is 32.0 Å². The van der Waals surface area contributed by atoms with Gasteiger partial charge in [-0.05, 0) is 30.2 Å². The molecule has 0 radical (unpaired) electrons. The Labute approximate surface area is 193 Å². The van der Waals surface area contributed by atoms with Gasteiger partial charge in [0.25, 0.3) is 11.5 Å². The molecule has 180 valence electrons. The Kier molecular flexibility index (Phi) is 6.70. The summed E-state index contributed by atoms with van der Waals surface area (Å²) in [6.07, 6.45) is -4.02. The first kappa shape index (κ1) is 23.9. The molecule has 4 rings (SSSR count). The van der Waals surface area contributed by atoms with Crippen LogP contribution in [0, 0.1) is 11.7 Å². The number of hydrogen-bond donors (Lipinski definition) is 2. The highest BCUT2D eigenvalue weighted by atomic mass is 19.4. The van der Waals surface area contributed by atoms with Crippen molar-refractivity contribution >= 4 is 16.7 Å². The second kappa shape index (κ2) is 9.54. The van der Waals surface area contributed by atoms with Gasteiger partial charge in [-0.3, -0.25) is 9.59 Å². The molecule has 2 heterocycles. The fourth-order valence-electron chi connectivity index (χ4n) is 4.09. The molecule has 34 heavy (non-hydrogen) atoms. The molecule has 0 aliphatic carbocycles. The van der Waals surface area contributed by atoms with Crippen molar-refractivity contribution in [1.29, 1.82) is 0 Å². The maximum atomic E-state index is 14.5. The van der Waals surface area contributed by atoms with Gasteiger partial charge in [0.05, 0.1) is 22.6 Å². The second-order valence-electron chi connectivity index (χ2n) is 8.50. The number of aromatic amines is 1. The van der Waals surface area contributed by atoms with Crippen LogP contribution in [0.3, 0.4) is 0 Å². The highest BCUT2D eigenvalue weighted by Crippen LogP contribution is 2.28. The summed E-state index contributed by atoms with van der Waals surface area (Å²) in [5.41, 5.74) is 0.811. The van der Waals surface area contributed by atoms with E-state index in [4.69, 9.17) is 0 Å². The lowest BCUT2D eigenvalue weighted by Crippen LogP contribution is -2.60. The van der Waals surface area contributed by atoms with E-state index in [1.807, 2.05) is 0 Å². The Bertz CT molecular complexity index is 1250. The molecule has 1 amide bonds. The van der Waals surface area contributed by atoms with Crippen LogP contribution in [-0.4, -0.2) is 52.9 Å². The van der Waals surface area contributed by atoms with Crippen LogP contribution < -0.4 is 10.9 Å². The molecule has 1 atom stereocenters. The number of nitrogens with zero attached hydrogens (tertiary/aromatic N) is 2. The molecule has 10 heteroatoms. The van der Waals surface area contributed by atoms with E-state index < -0.39 is 23.8 Å². The third-order valence-electron chi connectivity index (χ3n) is 6.19. The number of aromatic nitrogens is 2. The predicted molar refractivity (Wildman–Crippen MR) is 119 cm³/mol. The molecular weight excluding hydrogens is 452 g/mol. The van der Waals surface area contributed by atoms with Crippen LogP contribution in [0.5, 0.6) is 0 Å². The van der Waals surface area contributed by atoms with E-state index in [2.05, 4.69) is 15.5 Å². The van der Waals surface area contributed by atoms with Gasteiger partial charge in [-0.1, -0.05) is 31.2 Å². The summed E-state index contributed by atoms with van der Waals surface area (Å²) in [5.74, 6) is -2.63. The third kappa shape index (κ3) is 4.96. The van der Waals surface area contributed by atoms with E-state index >= 15 is 0 Å². The summed E-state index contributed by atoms with van der Waals surface area (Å²) >= 11 is 0. The molecule has 1 saturated heterocycles. The number of nitrogens with one attached hydrogen (secondary N) is 2. The van der Waals surface area contributed by atoms with Crippen molar-refractivity contribution in [2.75, 3.05) is 19.6 Å². The Balaban J connectivity index is 1.43. The molecule has 2 aromatic carbocycles. The first-order valence-corrected chi connectivity index (χ1v) is 11.0. The van der Waals surface area contributed by atoms with E-state index in [-0.39, 0.29) is 49.6 Å². The lowest BCUT2D eigenvalue weighted by Gasteiger charge is -2.40. The number of hydrogen-bond acceptors (Lipinski definition) is 4. The molecule has 1 aliphatic heterocycles. The summed E-state index contributed by atoms with van der Waals surface area (Å²) in [5, 5.41) is 10.6. The maximum Gasteiger partial charge on any atom is 0.393 e. The lowest BCUT2D eigenvalue weighted by molar-refractivity contribution is -0.174. The number of rotatable bonds is 7. The van der Waals surface area contributed by atoms with Crippen LogP contribution in [0.25, 0.3) is 10.8 Å². The van der Waals surface area contributed by atoms with Crippen LogP contribution in [0.15, 0.2) is 47.3 Å². The monoisotopic (exact) mass is 476 g/mol. The summed E-state index contributed by atoms with van der Waals surface area (Å²) in [4.78, 5) is 26.2. The Morgan fingerprint density at radius 2 is 1.91 bits per heavy atom. The zero-order chi connectivity index (χ0) is 24.5. The third-order valence-corrected chi connectivity index (χ3v) is 6.19. The largest absolute Gasteiger partial charge is 0.393 e. The van der Waals surface area contributed by atoms with E-state index in [1.54, 1.807) is 30.3 Å². The van der Waals surface area contributed by atoms with Gasteiger partial charge >= 0.3 is 6.18 Å². The highest BCUT2D eigenvalue weighted by molar-refractivity contribution is 5.95. The van der Waals surface area contributed by atoms with Crippen molar-refractivity contribution in [3.63, 3.8) is 0 Å². The molecule has 1 unspecified atom stereocenters. The van der Waals surface area contributed by atoms with E-state index in [9.17, 15) is 27.2 Å². The second-order valence-corrected chi connectivity index (χ2v) is 8.50. The SMILES string of the molecule is CCC(CNC1CN(C(=O)c2cc(Cc3n[nH]c(=O)c4ccccc34)ccc2F)C1)C(F)(F)F. The Morgan fingerprint density at radius 3 is 2.59 bits per heavy atom. The normalized spacial score (nSPS) is 15.4. The molecule has 6 nitrogen and oxygen atoms in total. The molecular formula is C24H24F4N4O2. The fraction of sp³-hybridized carbons (Fsp3) is 0.375. The van der Waals surface area contributed by atoms with Gasteiger partial charge in [-0.15, -0.1) is 0 Å². The number of likely N-dealkylation sites (tertiary alicyclic amines) is 1. The van der Waals surface area contributed by atoms with Gasteiger partial charge in [0, 0.05) is 37.5 Å². The number of alkyl halides is 3. The first-order chi connectivity index (χ1) is 16.2. The molecule has 1 fully saturated rings. The molecule has 0 bridgehead atoms. The van der Waals surface area contributed by atoms with E-state index in [1.165, 1.54) is 24.0 Å². The molecule has 0 saturated carbocycles. The van der Waals surface area contributed by atoms with Gasteiger partial charge in [-0.25, -0.2) is 9.49 Å². The molecule has 2 N–H and O–H groups in total. The highest BCUT2D eigenvalue weighted by Gasteiger charge is 2.39. The van der Waals surface area contributed by atoms with Gasteiger partial charge < -0.3 is 10.2 Å². The summed E-state index contributed by atoms with van der Waals surface area (Å²) in [6.45, 7) is 1.69. The number of carbonyl (C=O) groups is 1. The molecule has 1 aliphatic rings. The maximum absolute atomic E-state index is 14.5. The number of fused-ring (bicyclic) bond motifs is 1. The number of amides is 1. The quantitative estimate of drug-likeness (QED) is 0.511. The van der Waals surface area contributed by atoms with E-state index in [0.29, 0.717) is 22.0 Å². The molecule has 3 aromatic rings. The minimum atomic E-state index is -4.27. The number of H-pyrrole nitrogens is 1. The number of benzene rings is 2. The van der Waals surface area contributed by atoms with Gasteiger partial charge in [-0.2, -0.15) is 18.3 Å². The average molecular weight is 476 g/mol. The van der Waals surface area contributed by atoms with Crippen LogP contribution in [0.1, 0.15) is 35.0 Å². The smallest absolute Gasteiger partial charge is 0.335 e. The van der Waals surface area contributed by atoms with Gasteiger partial charge in [0.2, 0.25) is 0 Å². The van der Waals surface area contributed by atoms with Crippen molar-refractivity contribution in [2.24, 2.45) is 5.92 Å². The van der Waals surface area contributed by atoms with Crippen LogP contribution in [0.2, 0.25) is 0 Å². The van der Waals surface area contributed by atoms with Crippen molar-refractivity contribution < 1.29 is 22.4 Å². The minimum absolute atomic E-state index is 0.0245. The Morgan fingerprint density at radius 1 is 1.21 bits per heavy atom. The molecule has 0 spiro atoms. The molecule has 1 aromatic heterocycles. The number of carbonyl (C=O) groups excluding carboxylic acids is 1. The van der Waals surface area contributed by atoms with Crippen molar-refractivity contribution in [3.05, 3.63) is 75.5 Å². The van der Waals surface area contributed by atoms with E-state index in [0.717, 1.165) is 0 Å². The van der Waals surface area contributed by atoms with Crippen LogP contribution in [0.4, 0.5) is 17.6 Å². The summed E-state index contributed by atoms with van der Waals surface area (Å²) < 4.78 is 53.1. The zero-order valence-corrected chi connectivity index (χ0v) is 18.5. The predicted octanol–water partition coefficient (Wildman–Crippen LogP) is 3.66. The van der Waals surface area contributed by atoms with Crippen LogP contribution >= 0.6 is 0 Å². The minimum Gasteiger partial charge on any atom is -0.335 e. The first-order valence-electron chi connectivity index (χ1n) is 11.0. The standard InChI is InChI=1S/C24H24F4N4O2/c1-2-15(24(26,27)28)11-29-16-12-32(13-16)23(34)19-9-14(7-8-20(19)25)10-21-17-5-3-4-6-18(17)22(33)31-30-21/h3-9,15-16,29H,2,10-13H2,1H3,(H,31,33).